The Morgan fingerprint density at radius 2 is 1.96 bits per heavy atom. The van der Waals surface area contributed by atoms with Crippen molar-refractivity contribution in [2.75, 3.05) is 20.8 Å². The smallest absolute Gasteiger partial charge is 0.328 e. The van der Waals surface area contributed by atoms with Gasteiger partial charge in [0.2, 0.25) is 0 Å². The first-order valence-corrected chi connectivity index (χ1v) is 7.04. The highest BCUT2D eigenvalue weighted by Gasteiger charge is 2.11. The second-order valence-corrected chi connectivity index (χ2v) is 4.81. The van der Waals surface area contributed by atoms with E-state index in [1.54, 1.807) is 30.3 Å². The molecule has 0 aliphatic carbocycles. The van der Waals surface area contributed by atoms with E-state index in [2.05, 4.69) is 24.9 Å². The zero-order valence-electron chi connectivity index (χ0n) is 12.8. The number of nitrogens with zero attached hydrogens (tertiary/aromatic N) is 5. The third kappa shape index (κ3) is 3.04. The first kappa shape index (κ1) is 15.1. The van der Waals surface area contributed by atoms with Crippen molar-refractivity contribution in [1.82, 2.24) is 29.5 Å². The molecule has 0 aliphatic rings. The van der Waals surface area contributed by atoms with E-state index in [4.69, 9.17) is 9.47 Å². The Balaban J connectivity index is 1.99. The summed E-state index contributed by atoms with van der Waals surface area (Å²) in [6.07, 6.45) is 5.48. The topological polar surface area (TPSA) is 108 Å². The number of rotatable bonds is 6. The van der Waals surface area contributed by atoms with Gasteiger partial charge in [0.05, 0.1) is 19.0 Å². The van der Waals surface area contributed by atoms with Crippen LogP contribution in [0.4, 0.5) is 0 Å². The number of aryl methyl sites for hydroxylation is 1. The average Bonchev–Trinajstić information content (AvgIpc) is 2.90. The van der Waals surface area contributed by atoms with E-state index in [-0.39, 0.29) is 11.7 Å². The van der Waals surface area contributed by atoms with Crippen molar-refractivity contribution in [1.29, 1.82) is 0 Å². The zero-order valence-corrected chi connectivity index (χ0v) is 12.8. The molecule has 1 N–H and O–H groups in total. The molecular weight excluding hydrogens is 300 g/mol. The maximum Gasteiger partial charge on any atom is 0.328 e. The van der Waals surface area contributed by atoms with Gasteiger partial charge in [-0.05, 0) is 6.42 Å². The fraction of sp³-hybridized carbons (Fsp3) is 0.357. The van der Waals surface area contributed by atoms with Gasteiger partial charge in [-0.1, -0.05) is 0 Å². The van der Waals surface area contributed by atoms with Crippen LogP contribution in [0, 0.1) is 0 Å². The van der Waals surface area contributed by atoms with E-state index in [9.17, 15) is 4.79 Å². The summed E-state index contributed by atoms with van der Waals surface area (Å²) >= 11 is 0. The van der Waals surface area contributed by atoms with Crippen LogP contribution in [0.3, 0.4) is 0 Å². The monoisotopic (exact) mass is 316 g/mol. The largest absolute Gasteiger partial charge is 0.467 e. The van der Waals surface area contributed by atoms with Crippen molar-refractivity contribution in [2.24, 2.45) is 0 Å². The fourth-order valence-corrected chi connectivity index (χ4v) is 2.19. The van der Waals surface area contributed by atoms with Gasteiger partial charge in [0, 0.05) is 38.2 Å². The minimum Gasteiger partial charge on any atom is -0.467 e. The minimum atomic E-state index is -0.237. The van der Waals surface area contributed by atoms with Crippen LogP contribution in [0.5, 0.6) is 6.01 Å². The van der Waals surface area contributed by atoms with Crippen LogP contribution in [-0.2, 0) is 11.3 Å². The normalized spacial score (nSPS) is 11.0. The van der Waals surface area contributed by atoms with Crippen LogP contribution >= 0.6 is 0 Å². The number of imidazole rings is 1. The molecule has 120 valence electrons. The van der Waals surface area contributed by atoms with Gasteiger partial charge in [-0.3, -0.25) is 9.55 Å². The number of methoxy groups -OCH3 is 2. The summed E-state index contributed by atoms with van der Waals surface area (Å²) in [7, 11) is 3.12. The van der Waals surface area contributed by atoms with E-state index in [0.29, 0.717) is 42.1 Å². The van der Waals surface area contributed by atoms with Crippen molar-refractivity contribution in [2.45, 2.75) is 13.0 Å². The van der Waals surface area contributed by atoms with E-state index in [1.807, 2.05) is 0 Å². The maximum atomic E-state index is 12.0. The Hall–Kier alpha value is -2.81. The molecule has 0 saturated heterocycles. The number of H-pyrrole nitrogens is 1. The maximum absolute atomic E-state index is 12.0. The zero-order chi connectivity index (χ0) is 16.2. The number of fused-ring (bicyclic) bond motifs is 1. The number of aromatic amines is 1. The summed E-state index contributed by atoms with van der Waals surface area (Å²) < 4.78 is 11.5. The summed E-state index contributed by atoms with van der Waals surface area (Å²) in [5.41, 5.74) is 1.99. The summed E-state index contributed by atoms with van der Waals surface area (Å²) in [5.74, 6) is 0. The predicted octanol–water partition coefficient (Wildman–Crippen LogP) is 0.622. The second kappa shape index (κ2) is 6.53. The van der Waals surface area contributed by atoms with E-state index in [0.717, 1.165) is 0 Å². The highest BCUT2D eigenvalue weighted by Crippen LogP contribution is 2.17. The summed E-state index contributed by atoms with van der Waals surface area (Å²) in [6, 6.07) is 0.279. The van der Waals surface area contributed by atoms with E-state index in [1.165, 1.54) is 7.11 Å². The molecular formula is C14H16N6O3. The van der Waals surface area contributed by atoms with Crippen molar-refractivity contribution in [3.63, 3.8) is 0 Å². The molecule has 0 unspecified atom stereocenters. The summed E-state index contributed by atoms with van der Waals surface area (Å²) in [5, 5.41) is 0. The standard InChI is InChI=1S/C14H16N6O3/c1-22-5-3-4-20-12-11(19-14(20)21)15-8-10(18-12)9-6-16-13(23-2)17-7-9/h6-8H,3-5H2,1-2H3,(H,15,19,21). The molecule has 9 heteroatoms. The Kier molecular flexibility index (Phi) is 4.29. The fourth-order valence-electron chi connectivity index (χ4n) is 2.19. The lowest BCUT2D eigenvalue weighted by Gasteiger charge is -2.04. The van der Waals surface area contributed by atoms with Gasteiger partial charge in [0.15, 0.2) is 11.3 Å². The first-order valence-electron chi connectivity index (χ1n) is 7.04. The third-order valence-electron chi connectivity index (χ3n) is 3.32. The Morgan fingerprint density at radius 3 is 2.65 bits per heavy atom. The Labute approximate surface area is 131 Å². The SMILES string of the molecule is COCCCn1c(=O)[nH]c2ncc(-c3cnc(OC)nc3)nc21. The van der Waals surface area contributed by atoms with Crippen LogP contribution in [0.1, 0.15) is 6.42 Å². The Bertz CT molecular complexity index is 855. The molecule has 3 heterocycles. The number of hydrogen-bond acceptors (Lipinski definition) is 7. The molecule has 0 bridgehead atoms. The van der Waals surface area contributed by atoms with Gasteiger partial charge < -0.3 is 9.47 Å². The number of hydrogen-bond donors (Lipinski definition) is 1. The lowest BCUT2D eigenvalue weighted by atomic mass is 10.2. The van der Waals surface area contributed by atoms with Crippen molar-refractivity contribution in [3.8, 4) is 17.3 Å². The molecule has 0 radical (unpaired) electrons. The molecule has 3 aromatic rings. The molecule has 23 heavy (non-hydrogen) atoms. The first-order chi connectivity index (χ1) is 11.2. The van der Waals surface area contributed by atoms with Gasteiger partial charge in [-0.15, -0.1) is 0 Å². The minimum absolute atomic E-state index is 0.237. The van der Waals surface area contributed by atoms with E-state index >= 15 is 0 Å². The quantitative estimate of drug-likeness (QED) is 0.664. The number of ether oxygens (including phenoxy) is 2. The van der Waals surface area contributed by atoms with Crippen LogP contribution in [-0.4, -0.2) is 50.3 Å². The van der Waals surface area contributed by atoms with Crippen LogP contribution < -0.4 is 10.4 Å². The highest BCUT2D eigenvalue weighted by atomic mass is 16.5. The number of aromatic nitrogens is 6. The molecule has 0 saturated carbocycles. The number of nitrogens with one attached hydrogen (secondary N) is 1. The van der Waals surface area contributed by atoms with Crippen molar-refractivity contribution >= 4 is 11.3 Å². The van der Waals surface area contributed by atoms with Crippen LogP contribution in [0.25, 0.3) is 22.6 Å². The molecule has 3 aromatic heterocycles. The summed E-state index contributed by atoms with van der Waals surface area (Å²) in [4.78, 5) is 31.6. The average molecular weight is 316 g/mol. The summed E-state index contributed by atoms with van der Waals surface area (Å²) in [6.45, 7) is 1.07. The molecule has 0 aromatic carbocycles. The lowest BCUT2D eigenvalue weighted by molar-refractivity contribution is 0.190. The van der Waals surface area contributed by atoms with Gasteiger partial charge in [0.1, 0.15) is 0 Å². The second-order valence-electron chi connectivity index (χ2n) is 4.81. The van der Waals surface area contributed by atoms with Gasteiger partial charge in [-0.25, -0.2) is 24.7 Å². The van der Waals surface area contributed by atoms with E-state index < -0.39 is 0 Å². The molecule has 0 spiro atoms. The molecule has 0 atom stereocenters. The highest BCUT2D eigenvalue weighted by molar-refractivity contribution is 5.70. The Morgan fingerprint density at radius 1 is 1.17 bits per heavy atom. The molecule has 0 aliphatic heterocycles. The van der Waals surface area contributed by atoms with Gasteiger partial charge in [0.25, 0.3) is 0 Å². The lowest BCUT2D eigenvalue weighted by Crippen LogP contribution is -2.18. The van der Waals surface area contributed by atoms with Crippen LogP contribution in [0.15, 0.2) is 23.4 Å². The predicted molar refractivity (Wildman–Crippen MR) is 82.2 cm³/mol. The molecule has 0 amide bonds. The van der Waals surface area contributed by atoms with Crippen molar-refractivity contribution in [3.05, 3.63) is 29.1 Å². The van der Waals surface area contributed by atoms with Gasteiger partial charge in [-0.2, -0.15) is 0 Å². The van der Waals surface area contributed by atoms with Crippen LogP contribution in [0.2, 0.25) is 0 Å². The third-order valence-corrected chi connectivity index (χ3v) is 3.32. The van der Waals surface area contributed by atoms with Gasteiger partial charge >= 0.3 is 11.7 Å². The molecule has 0 fully saturated rings. The van der Waals surface area contributed by atoms with Crippen molar-refractivity contribution < 1.29 is 9.47 Å². The molecule has 9 nitrogen and oxygen atoms in total. The molecule has 3 rings (SSSR count).